The summed E-state index contributed by atoms with van der Waals surface area (Å²) in [5, 5.41) is 0. The van der Waals surface area contributed by atoms with Gasteiger partial charge in [0, 0.05) is 0 Å². The van der Waals surface area contributed by atoms with Crippen molar-refractivity contribution in [1.82, 2.24) is 0 Å². The average molecular weight is 162 g/mol. The lowest BCUT2D eigenvalue weighted by molar-refractivity contribution is 0.466. The van der Waals surface area contributed by atoms with Gasteiger partial charge in [-0.3, -0.25) is 0 Å². The third kappa shape index (κ3) is 1.24. The first-order valence-electron chi connectivity index (χ1n) is 5.15. The van der Waals surface area contributed by atoms with E-state index in [2.05, 4.69) is 32.1 Å². The topological polar surface area (TPSA) is 0 Å². The quantitative estimate of drug-likeness (QED) is 0.511. The van der Waals surface area contributed by atoms with Gasteiger partial charge >= 0.3 is 0 Å². The van der Waals surface area contributed by atoms with Crippen molar-refractivity contribution in [3.8, 4) is 0 Å². The van der Waals surface area contributed by atoms with Gasteiger partial charge in [0.25, 0.3) is 0 Å². The Kier molecular flexibility index (Phi) is 2.08. The molecule has 0 N–H and O–H groups in total. The van der Waals surface area contributed by atoms with Gasteiger partial charge < -0.3 is 0 Å². The molecule has 0 aromatic carbocycles. The van der Waals surface area contributed by atoms with Crippen LogP contribution >= 0.6 is 0 Å². The molecule has 2 rings (SSSR count). The van der Waals surface area contributed by atoms with Crippen LogP contribution in [0.2, 0.25) is 0 Å². The zero-order valence-corrected chi connectivity index (χ0v) is 8.09. The third-order valence-electron chi connectivity index (χ3n) is 3.61. The maximum Gasteiger partial charge on any atom is -0.0192 e. The second-order valence-corrected chi connectivity index (χ2v) is 4.37. The van der Waals surface area contributed by atoms with Crippen LogP contribution < -0.4 is 0 Å². The Morgan fingerprint density at radius 1 is 1.33 bits per heavy atom. The van der Waals surface area contributed by atoms with E-state index in [1.54, 1.807) is 5.57 Å². The third-order valence-corrected chi connectivity index (χ3v) is 3.61. The molecule has 66 valence electrons. The van der Waals surface area contributed by atoms with E-state index in [9.17, 15) is 0 Å². The standard InChI is InChI=1S/C12H18/c1-9-8-11-6-4-3-5-7-12(11)10(9)2/h3,5,7,9-11H,4,6,8H2,1-2H3. The molecule has 0 nitrogen and oxygen atoms in total. The summed E-state index contributed by atoms with van der Waals surface area (Å²) in [6.45, 7) is 4.78. The Morgan fingerprint density at radius 3 is 3.00 bits per heavy atom. The normalized spacial score (nSPS) is 40.5. The van der Waals surface area contributed by atoms with E-state index in [1.807, 2.05) is 0 Å². The van der Waals surface area contributed by atoms with Crippen molar-refractivity contribution in [3.05, 3.63) is 23.8 Å². The maximum absolute atomic E-state index is 2.39. The average Bonchev–Trinajstić information content (AvgIpc) is 2.30. The predicted octanol–water partition coefficient (Wildman–Crippen LogP) is 3.55. The van der Waals surface area contributed by atoms with E-state index in [0.29, 0.717) is 0 Å². The molecule has 0 aromatic rings. The van der Waals surface area contributed by atoms with Crippen molar-refractivity contribution in [2.24, 2.45) is 17.8 Å². The molecule has 3 unspecified atom stereocenters. The number of hydrogen-bond donors (Lipinski definition) is 0. The summed E-state index contributed by atoms with van der Waals surface area (Å²) in [6.07, 6.45) is 11.0. The van der Waals surface area contributed by atoms with Crippen LogP contribution in [-0.4, -0.2) is 0 Å². The Bertz CT molecular complexity index is 222. The van der Waals surface area contributed by atoms with E-state index in [0.717, 1.165) is 17.8 Å². The van der Waals surface area contributed by atoms with Gasteiger partial charge in [-0.2, -0.15) is 0 Å². The number of fused-ring (bicyclic) bond motifs is 1. The SMILES string of the molecule is CC1CC2CCC=CC=C2C1C. The van der Waals surface area contributed by atoms with Gasteiger partial charge in [0.15, 0.2) is 0 Å². The van der Waals surface area contributed by atoms with Crippen LogP contribution in [0, 0.1) is 17.8 Å². The van der Waals surface area contributed by atoms with Crippen molar-refractivity contribution >= 4 is 0 Å². The van der Waals surface area contributed by atoms with E-state index in [4.69, 9.17) is 0 Å². The van der Waals surface area contributed by atoms with Gasteiger partial charge in [-0.15, -0.1) is 0 Å². The molecular weight excluding hydrogens is 144 g/mol. The van der Waals surface area contributed by atoms with Crippen molar-refractivity contribution in [3.63, 3.8) is 0 Å². The fourth-order valence-corrected chi connectivity index (χ4v) is 2.63. The van der Waals surface area contributed by atoms with Gasteiger partial charge in [-0.1, -0.05) is 37.6 Å². The van der Waals surface area contributed by atoms with Crippen LogP contribution in [0.3, 0.4) is 0 Å². The molecule has 12 heavy (non-hydrogen) atoms. The molecule has 0 aromatic heterocycles. The lowest BCUT2D eigenvalue weighted by Gasteiger charge is -2.11. The summed E-state index contributed by atoms with van der Waals surface area (Å²) in [6, 6.07) is 0. The van der Waals surface area contributed by atoms with Gasteiger partial charge in [-0.25, -0.2) is 0 Å². The van der Waals surface area contributed by atoms with Crippen LogP contribution in [0.5, 0.6) is 0 Å². The first-order valence-corrected chi connectivity index (χ1v) is 5.15. The predicted molar refractivity (Wildman–Crippen MR) is 52.9 cm³/mol. The maximum atomic E-state index is 2.39. The fourth-order valence-electron chi connectivity index (χ4n) is 2.63. The summed E-state index contributed by atoms with van der Waals surface area (Å²) in [5.41, 5.74) is 1.72. The van der Waals surface area contributed by atoms with E-state index >= 15 is 0 Å². The molecule has 0 aliphatic heterocycles. The Morgan fingerprint density at radius 2 is 2.17 bits per heavy atom. The molecule has 0 spiro atoms. The molecule has 2 aliphatic rings. The second-order valence-electron chi connectivity index (χ2n) is 4.37. The summed E-state index contributed by atoms with van der Waals surface area (Å²) in [4.78, 5) is 0. The molecule has 0 heteroatoms. The van der Waals surface area contributed by atoms with Gasteiger partial charge in [0.1, 0.15) is 0 Å². The van der Waals surface area contributed by atoms with Crippen molar-refractivity contribution in [2.75, 3.05) is 0 Å². The molecule has 0 saturated heterocycles. The molecular formula is C12H18. The van der Waals surface area contributed by atoms with Crippen molar-refractivity contribution in [1.29, 1.82) is 0 Å². The Balaban J connectivity index is 2.23. The van der Waals surface area contributed by atoms with E-state index < -0.39 is 0 Å². The summed E-state index contributed by atoms with van der Waals surface area (Å²) < 4.78 is 0. The highest BCUT2D eigenvalue weighted by molar-refractivity contribution is 5.24. The highest BCUT2D eigenvalue weighted by atomic mass is 14.4. The van der Waals surface area contributed by atoms with Crippen LogP contribution in [0.25, 0.3) is 0 Å². The van der Waals surface area contributed by atoms with Crippen molar-refractivity contribution in [2.45, 2.75) is 33.1 Å². The molecule has 0 radical (unpaired) electrons. The molecule has 0 bridgehead atoms. The van der Waals surface area contributed by atoms with Crippen LogP contribution in [0.4, 0.5) is 0 Å². The first kappa shape index (κ1) is 8.10. The summed E-state index contributed by atoms with van der Waals surface area (Å²) in [7, 11) is 0. The lowest BCUT2D eigenvalue weighted by atomic mass is 9.94. The minimum Gasteiger partial charge on any atom is -0.0845 e. The number of allylic oxidation sites excluding steroid dienone is 4. The molecule has 1 saturated carbocycles. The molecule has 2 aliphatic carbocycles. The summed E-state index contributed by atoms with van der Waals surface area (Å²) >= 11 is 0. The van der Waals surface area contributed by atoms with Crippen molar-refractivity contribution < 1.29 is 0 Å². The van der Waals surface area contributed by atoms with Gasteiger partial charge in [0.05, 0.1) is 0 Å². The Hall–Kier alpha value is -0.520. The molecule has 0 heterocycles. The Labute approximate surface area is 75.4 Å². The largest absolute Gasteiger partial charge is 0.0845 e. The first-order chi connectivity index (χ1) is 5.79. The molecule has 0 amide bonds. The van der Waals surface area contributed by atoms with Gasteiger partial charge in [0.2, 0.25) is 0 Å². The zero-order chi connectivity index (χ0) is 8.55. The molecule has 1 fully saturated rings. The monoisotopic (exact) mass is 162 g/mol. The number of hydrogen-bond acceptors (Lipinski definition) is 0. The van der Waals surface area contributed by atoms with E-state index in [1.165, 1.54) is 19.3 Å². The lowest BCUT2D eigenvalue weighted by Crippen LogP contribution is -2.00. The van der Waals surface area contributed by atoms with Crippen LogP contribution in [0.1, 0.15) is 33.1 Å². The fraction of sp³-hybridized carbons (Fsp3) is 0.667. The minimum absolute atomic E-state index is 0.831. The smallest absolute Gasteiger partial charge is 0.0192 e. The highest BCUT2D eigenvalue weighted by Crippen LogP contribution is 2.43. The number of rotatable bonds is 0. The minimum atomic E-state index is 0.831. The summed E-state index contributed by atoms with van der Waals surface area (Å²) in [5.74, 6) is 2.65. The second kappa shape index (κ2) is 3.08. The zero-order valence-electron chi connectivity index (χ0n) is 8.09. The highest BCUT2D eigenvalue weighted by Gasteiger charge is 2.32. The van der Waals surface area contributed by atoms with Gasteiger partial charge in [-0.05, 0) is 37.0 Å². The molecule has 3 atom stereocenters. The van der Waals surface area contributed by atoms with Crippen LogP contribution in [0.15, 0.2) is 23.8 Å². The van der Waals surface area contributed by atoms with Crippen LogP contribution in [-0.2, 0) is 0 Å². The van der Waals surface area contributed by atoms with E-state index in [-0.39, 0.29) is 0 Å².